The Morgan fingerprint density at radius 2 is 1.71 bits per heavy atom. The summed E-state index contributed by atoms with van der Waals surface area (Å²) in [6, 6.07) is 4.45. The Balaban J connectivity index is 2.44. The van der Waals surface area contributed by atoms with E-state index in [4.69, 9.17) is 4.74 Å². The normalized spacial score (nSPS) is 21.7. The molecule has 0 radical (unpaired) electrons. The van der Waals surface area contributed by atoms with E-state index in [1.807, 2.05) is 0 Å². The molecule has 0 N–H and O–H groups in total. The van der Waals surface area contributed by atoms with Gasteiger partial charge in [-0.15, -0.1) is 0 Å². The second-order valence-corrected chi connectivity index (χ2v) is 5.93. The van der Waals surface area contributed by atoms with Gasteiger partial charge in [-0.3, -0.25) is 4.79 Å². The van der Waals surface area contributed by atoms with Crippen LogP contribution in [-0.4, -0.2) is 18.5 Å². The highest BCUT2D eigenvalue weighted by Crippen LogP contribution is 2.30. The lowest BCUT2D eigenvalue weighted by molar-refractivity contribution is 0.0687. The molecule has 1 aromatic carbocycles. The van der Waals surface area contributed by atoms with Crippen LogP contribution in [-0.2, 0) is 24.0 Å². The molecule has 2 rings (SSSR count). The summed E-state index contributed by atoms with van der Waals surface area (Å²) in [6.45, 7) is 9.30. The van der Waals surface area contributed by atoms with E-state index in [0.29, 0.717) is 5.78 Å². The maximum Gasteiger partial charge on any atom is 0.169 e. The zero-order valence-corrected chi connectivity index (χ0v) is 13.9. The molecule has 0 aliphatic carbocycles. The summed E-state index contributed by atoms with van der Waals surface area (Å²) in [4.78, 5) is 13.1. The third kappa shape index (κ3) is 3.21. The summed E-state index contributed by atoms with van der Waals surface area (Å²) < 4.78 is 5.73. The second kappa shape index (κ2) is 7.22. The number of carbonyl (C=O) groups excluding carboxylic acids is 1. The van der Waals surface area contributed by atoms with Gasteiger partial charge < -0.3 is 4.74 Å². The highest BCUT2D eigenvalue weighted by molar-refractivity contribution is 6.01. The van der Waals surface area contributed by atoms with Gasteiger partial charge in [-0.1, -0.05) is 39.8 Å². The van der Waals surface area contributed by atoms with E-state index in [1.165, 1.54) is 16.7 Å². The Morgan fingerprint density at radius 3 is 2.19 bits per heavy atom. The number of hydrogen-bond donors (Lipinski definition) is 0. The Hall–Kier alpha value is -1.15. The van der Waals surface area contributed by atoms with Crippen molar-refractivity contribution in [3.63, 3.8) is 0 Å². The summed E-state index contributed by atoms with van der Waals surface area (Å²) in [5.41, 5.74) is 4.78. The maximum absolute atomic E-state index is 13.1. The fourth-order valence-electron chi connectivity index (χ4n) is 3.45. The molecule has 1 saturated heterocycles. The molecule has 0 bridgehead atoms. The van der Waals surface area contributed by atoms with Gasteiger partial charge in [0.2, 0.25) is 0 Å². The number of benzene rings is 1. The van der Waals surface area contributed by atoms with Gasteiger partial charge in [-0.2, -0.15) is 0 Å². The minimum atomic E-state index is 0.0538. The number of ketones is 1. The predicted octanol–water partition coefficient (Wildman–Crippen LogP) is 4.37. The number of ether oxygens (including phenoxy) is 1. The monoisotopic (exact) mass is 288 g/mol. The van der Waals surface area contributed by atoms with Gasteiger partial charge in [-0.05, 0) is 48.8 Å². The smallest absolute Gasteiger partial charge is 0.169 e. The van der Waals surface area contributed by atoms with Gasteiger partial charge in [0, 0.05) is 12.2 Å². The molecule has 2 heteroatoms. The van der Waals surface area contributed by atoms with Crippen LogP contribution in [0.25, 0.3) is 0 Å². The van der Waals surface area contributed by atoms with Gasteiger partial charge in [0.05, 0.1) is 12.0 Å². The zero-order valence-electron chi connectivity index (χ0n) is 13.9. The number of Topliss-reactive ketones (excluding diaryl/α,β-unsaturated/α-hetero) is 1. The molecule has 0 saturated carbocycles. The third-order valence-corrected chi connectivity index (χ3v) is 4.73. The fraction of sp³-hybridized carbons (Fsp3) is 0.632. The van der Waals surface area contributed by atoms with Crippen LogP contribution in [0.4, 0.5) is 0 Å². The molecular weight excluding hydrogens is 260 g/mol. The number of carbonyl (C=O) groups is 1. The predicted molar refractivity (Wildman–Crippen MR) is 87.0 cm³/mol. The minimum Gasteiger partial charge on any atom is -0.377 e. The summed E-state index contributed by atoms with van der Waals surface area (Å²) in [7, 11) is 0. The average molecular weight is 288 g/mol. The molecule has 1 fully saturated rings. The van der Waals surface area contributed by atoms with Crippen molar-refractivity contribution < 1.29 is 9.53 Å². The summed E-state index contributed by atoms with van der Waals surface area (Å²) in [5, 5.41) is 0. The molecule has 2 unspecified atom stereocenters. The second-order valence-electron chi connectivity index (χ2n) is 5.93. The van der Waals surface area contributed by atoms with Gasteiger partial charge >= 0.3 is 0 Å². The fourth-order valence-corrected chi connectivity index (χ4v) is 3.45. The highest BCUT2D eigenvalue weighted by atomic mass is 16.5. The molecule has 0 aromatic heterocycles. The van der Waals surface area contributed by atoms with Crippen molar-refractivity contribution in [3.05, 3.63) is 34.4 Å². The molecule has 1 heterocycles. The highest BCUT2D eigenvalue weighted by Gasteiger charge is 2.34. The van der Waals surface area contributed by atoms with E-state index >= 15 is 0 Å². The molecule has 21 heavy (non-hydrogen) atoms. The van der Waals surface area contributed by atoms with E-state index < -0.39 is 0 Å². The molecule has 1 aliphatic heterocycles. The van der Waals surface area contributed by atoms with Crippen molar-refractivity contribution >= 4 is 5.78 Å². The molecule has 0 spiro atoms. The Morgan fingerprint density at radius 1 is 1.10 bits per heavy atom. The molecule has 2 atom stereocenters. The first-order chi connectivity index (χ1) is 10.2. The van der Waals surface area contributed by atoms with Gasteiger partial charge in [0.15, 0.2) is 5.78 Å². The largest absolute Gasteiger partial charge is 0.377 e. The zero-order chi connectivity index (χ0) is 15.4. The first kappa shape index (κ1) is 16.2. The van der Waals surface area contributed by atoms with Crippen molar-refractivity contribution in [3.8, 4) is 0 Å². The van der Waals surface area contributed by atoms with Gasteiger partial charge in [-0.25, -0.2) is 0 Å². The summed E-state index contributed by atoms with van der Waals surface area (Å²) >= 11 is 0. The minimum absolute atomic E-state index is 0.0538. The molecule has 1 aliphatic rings. The van der Waals surface area contributed by atoms with Crippen molar-refractivity contribution in [1.82, 2.24) is 0 Å². The standard InChI is InChI=1S/C19H28O2/c1-5-13-11-14(6-2)18(15(7-3)12-13)19(20)16-9-10-21-17(16)8-4/h11-12,16-17H,5-10H2,1-4H3. The third-order valence-electron chi connectivity index (χ3n) is 4.73. The molecule has 116 valence electrons. The number of hydrogen-bond acceptors (Lipinski definition) is 2. The van der Waals surface area contributed by atoms with Crippen LogP contribution in [0.2, 0.25) is 0 Å². The van der Waals surface area contributed by atoms with E-state index in [0.717, 1.165) is 44.3 Å². The van der Waals surface area contributed by atoms with Crippen LogP contribution < -0.4 is 0 Å². The van der Waals surface area contributed by atoms with Crippen LogP contribution in [0.15, 0.2) is 12.1 Å². The van der Waals surface area contributed by atoms with Crippen LogP contribution in [0.3, 0.4) is 0 Å². The van der Waals surface area contributed by atoms with Crippen molar-refractivity contribution in [2.75, 3.05) is 6.61 Å². The van der Waals surface area contributed by atoms with Crippen LogP contribution >= 0.6 is 0 Å². The van der Waals surface area contributed by atoms with Crippen LogP contribution in [0.1, 0.15) is 67.6 Å². The van der Waals surface area contributed by atoms with E-state index in [1.54, 1.807) is 0 Å². The topological polar surface area (TPSA) is 26.3 Å². The number of aryl methyl sites for hydroxylation is 3. The van der Waals surface area contributed by atoms with Crippen LogP contribution in [0.5, 0.6) is 0 Å². The lowest BCUT2D eigenvalue weighted by Gasteiger charge is -2.20. The maximum atomic E-state index is 13.1. The average Bonchev–Trinajstić information content (AvgIpc) is 3.01. The first-order valence-electron chi connectivity index (χ1n) is 8.46. The van der Waals surface area contributed by atoms with Crippen molar-refractivity contribution in [1.29, 1.82) is 0 Å². The van der Waals surface area contributed by atoms with E-state index in [9.17, 15) is 4.79 Å². The van der Waals surface area contributed by atoms with Gasteiger partial charge in [0.1, 0.15) is 0 Å². The van der Waals surface area contributed by atoms with E-state index in [-0.39, 0.29) is 12.0 Å². The van der Waals surface area contributed by atoms with Crippen molar-refractivity contribution in [2.24, 2.45) is 5.92 Å². The lowest BCUT2D eigenvalue weighted by Crippen LogP contribution is -2.25. The Labute approximate surface area is 128 Å². The summed E-state index contributed by atoms with van der Waals surface area (Å²) in [6.07, 6.45) is 4.78. The SMILES string of the molecule is CCc1cc(CC)c(C(=O)C2CCOC2CC)c(CC)c1. The molecule has 2 nitrogen and oxygen atoms in total. The van der Waals surface area contributed by atoms with E-state index in [2.05, 4.69) is 39.8 Å². The quantitative estimate of drug-likeness (QED) is 0.726. The summed E-state index contributed by atoms with van der Waals surface area (Å²) in [5.74, 6) is 0.369. The van der Waals surface area contributed by atoms with Gasteiger partial charge in [0.25, 0.3) is 0 Å². The Bertz CT molecular complexity index is 479. The molecule has 1 aromatic rings. The van der Waals surface area contributed by atoms with Crippen molar-refractivity contribution in [2.45, 2.75) is 65.9 Å². The lowest BCUT2D eigenvalue weighted by atomic mass is 9.83. The molecule has 0 amide bonds. The molecular formula is C19H28O2. The van der Waals surface area contributed by atoms with Crippen LogP contribution in [0, 0.1) is 5.92 Å². The first-order valence-corrected chi connectivity index (χ1v) is 8.46. The number of rotatable bonds is 6. The Kier molecular flexibility index (Phi) is 5.58.